The largest absolute Gasteiger partial charge is 0.481 e. The molecule has 140 valence electrons. The van der Waals surface area contributed by atoms with E-state index in [0.717, 1.165) is 23.1 Å². The maximum Gasteiger partial charge on any atom is 0.336 e. The van der Waals surface area contributed by atoms with Gasteiger partial charge in [0.1, 0.15) is 23.0 Å². The Hall–Kier alpha value is -3.22. The first kappa shape index (κ1) is 18.6. The summed E-state index contributed by atoms with van der Waals surface area (Å²) in [6.07, 6.45) is -0.294. The highest BCUT2D eigenvalue weighted by atomic mass is 19.1. The average Bonchev–Trinajstić information content (AvgIpc) is 2.62. The molecule has 0 saturated carbocycles. The summed E-state index contributed by atoms with van der Waals surface area (Å²) in [5.74, 6) is -1.90. The zero-order valence-electron chi connectivity index (χ0n) is 14.7. The zero-order chi connectivity index (χ0) is 19.6. The summed E-state index contributed by atoms with van der Waals surface area (Å²) in [5.41, 5.74) is 0.599. The number of hydrogen-bond donors (Lipinski definition) is 1. The Morgan fingerprint density at radius 3 is 2.67 bits per heavy atom. The number of rotatable bonds is 5. The second kappa shape index (κ2) is 7.57. The second-order valence-corrected chi connectivity index (χ2v) is 5.98. The number of nitrogens with one attached hydrogen (secondary N) is 1. The predicted octanol–water partition coefficient (Wildman–Crippen LogP) is 4.04. The number of anilines is 1. The maximum absolute atomic E-state index is 13.6. The zero-order valence-corrected chi connectivity index (χ0v) is 14.7. The predicted molar refractivity (Wildman–Crippen MR) is 96.9 cm³/mol. The lowest BCUT2D eigenvalue weighted by molar-refractivity contribution is -0.122. The molecule has 0 fully saturated rings. The number of hydrogen-bond acceptors (Lipinski definition) is 4. The van der Waals surface area contributed by atoms with Gasteiger partial charge in [0.2, 0.25) is 0 Å². The molecule has 1 amide bonds. The van der Waals surface area contributed by atoms with E-state index in [1.165, 1.54) is 19.1 Å². The van der Waals surface area contributed by atoms with Crippen LogP contribution in [-0.2, 0) is 11.2 Å². The molecule has 2 aromatic carbocycles. The number of benzene rings is 2. The Kier molecular flexibility index (Phi) is 5.21. The van der Waals surface area contributed by atoms with Crippen LogP contribution in [0.1, 0.15) is 19.4 Å². The number of aryl methyl sites for hydroxylation is 1. The molecule has 5 nitrogen and oxygen atoms in total. The molecule has 0 aliphatic heterocycles. The molecule has 3 aromatic rings. The van der Waals surface area contributed by atoms with Gasteiger partial charge in [-0.3, -0.25) is 4.79 Å². The molecule has 3 rings (SSSR count). The van der Waals surface area contributed by atoms with Crippen molar-refractivity contribution >= 4 is 22.6 Å². The number of ether oxygens (including phenoxy) is 1. The maximum atomic E-state index is 13.6. The number of halogens is 2. The number of amides is 1. The Morgan fingerprint density at radius 2 is 1.96 bits per heavy atom. The number of carbonyl (C=O) groups is 1. The standard InChI is InChI=1S/C20H17F2NO4/c1-3-12-8-19(24)27-18-10-14(5-6-15(12)18)26-11(2)20(25)23-17-7-4-13(21)9-16(17)22/h4-11H,3H2,1-2H3,(H,23,25). The molecule has 0 radical (unpaired) electrons. The van der Waals surface area contributed by atoms with Crippen molar-refractivity contribution in [1.29, 1.82) is 0 Å². The Balaban J connectivity index is 1.77. The summed E-state index contributed by atoms with van der Waals surface area (Å²) in [7, 11) is 0. The van der Waals surface area contributed by atoms with E-state index in [1.807, 2.05) is 6.92 Å². The third-order valence-corrected chi connectivity index (χ3v) is 4.05. The van der Waals surface area contributed by atoms with Gasteiger partial charge in [-0.2, -0.15) is 0 Å². The van der Waals surface area contributed by atoms with Gasteiger partial charge in [-0.05, 0) is 43.2 Å². The molecule has 7 heteroatoms. The van der Waals surface area contributed by atoms with E-state index in [-0.39, 0.29) is 5.69 Å². The Labute approximate surface area is 153 Å². The van der Waals surface area contributed by atoms with Crippen molar-refractivity contribution in [2.75, 3.05) is 5.32 Å². The van der Waals surface area contributed by atoms with Crippen LogP contribution in [0.15, 0.2) is 51.7 Å². The van der Waals surface area contributed by atoms with Crippen LogP contribution in [-0.4, -0.2) is 12.0 Å². The Morgan fingerprint density at radius 1 is 1.19 bits per heavy atom. The summed E-state index contributed by atoms with van der Waals surface area (Å²) >= 11 is 0. The first-order valence-corrected chi connectivity index (χ1v) is 8.36. The average molecular weight is 373 g/mol. The molecule has 0 spiro atoms. The molecule has 27 heavy (non-hydrogen) atoms. The fourth-order valence-corrected chi connectivity index (χ4v) is 2.66. The highest BCUT2D eigenvalue weighted by molar-refractivity contribution is 5.94. The fraction of sp³-hybridized carbons (Fsp3) is 0.200. The van der Waals surface area contributed by atoms with E-state index in [4.69, 9.17) is 9.15 Å². The fourth-order valence-electron chi connectivity index (χ4n) is 2.66. The van der Waals surface area contributed by atoms with Gasteiger partial charge in [-0.25, -0.2) is 13.6 Å². The molecular weight excluding hydrogens is 356 g/mol. The van der Waals surface area contributed by atoms with Crippen molar-refractivity contribution < 1.29 is 22.7 Å². The van der Waals surface area contributed by atoms with Crippen LogP contribution in [0.3, 0.4) is 0 Å². The van der Waals surface area contributed by atoms with E-state index in [0.29, 0.717) is 23.8 Å². The van der Waals surface area contributed by atoms with Crippen molar-refractivity contribution in [3.8, 4) is 5.75 Å². The first-order chi connectivity index (χ1) is 12.9. The van der Waals surface area contributed by atoms with Crippen LogP contribution in [0, 0.1) is 11.6 Å². The third-order valence-electron chi connectivity index (χ3n) is 4.05. The lowest BCUT2D eigenvalue weighted by Gasteiger charge is -2.15. The molecule has 0 saturated heterocycles. The molecule has 1 N–H and O–H groups in total. The van der Waals surface area contributed by atoms with Crippen molar-refractivity contribution in [1.82, 2.24) is 0 Å². The minimum Gasteiger partial charge on any atom is -0.481 e. The van der Waals surface area contributed by atoms with Crippen LogP contribution in [0.5, 0.6) is 5.75 Å². The van der Waals surface area contributed by atoms with E-state index in [1.54, 1.807) is 12.1 Å². The lowest BCUT2D eigenvalue weighted by atomic mass is 10.1. The number of carbonyl (C=O) groups excluding carboxylic acids is 1. The van der Waals surface area contributed by atoms with Gasteiger partial charge < -0.3 is 14.5 Å². The van der Waals surface area contributed by atoms with Crippen LogP contribution < -0.4 is 15.7 Å². The molecule has 1 aromatic heterocycles. The van der Waals surface area contributed by atoms with Gasteiger partial charge in [-0.1, -0.05) is 6.92 Å². The quantitative estimate of drug-likeness (QED) is 0.686. The van der Waals surface area contributed by atoms with E-state index in [2.05, 4.69) is 5.32 Å². The molecule has 1 atom stereocenters. The van der Waals surface area contributed by atoms with Crippen molar-refractivity contribution in [3.63, 3.8) is 0 Å². The van der Waals surface area contributed by atoms with E-state index < -0.39 is 29.3 Å². The smallest absolute Gasteiger partial charge is 0.336 e. The molecule has 0 bridgehead atoms. The van der Waals surface area contributed by atoms with Crippen molar-refractivity contribution in [2.24, 2.45) is 0 Å². The molecule has 0 aliphatic rings. The van der Waals surface area contributed by atoms with Crippen LogP contribution in [0.4, 0.5) is 14.5 Å². The Bertz CT molecular complexity index is 1060. The van der Waals surface area contributed by atoms with Crippen LogP contribution in [0.25, 0.3) is 11.0 Å². The third kappa shape index (κ3) is 4.13. The van der Waals surface area contributed by atoms with Gasteiger partial charge in [-0.15, -0.1) is 0 Å². The first-order valence-electron chi connectivity index (χ1n) is 8.36. The summed E-state index contributed by atoms with van der Waals surface area (Å²) in [6.45, 7) is 3.42. The molecule has 1 heterocycles. The summed E-state index contributed by atoms with van der Waals surface area (Å²) in [6, 6.07) is 9.22. The van der Waals surface area contributed by atoms with Crippen molar-refractivity contribution in [3.05, 3.63) is 70.1 Å². The molecular formula is C20H17F2NO4. The topological polar surface area (TPSA) is 68.5 Å². The summed E-state index contributed by atoms with van der Waals surface area (Å²) in [4.78, 5) is 23.8. The number of fused-ring (bicyclic) bond motifs is 1. The van der Waals surface area contributed by atoms with Gasteiger partial charge in [0.05, 0.1) is 5.69 Å². The summed E-state index contributed by atoms with van der Waals surface area (Å²) in [5, 5.41) is 3.13. The van der Waals surface area contributed by atoms with Crippen molar-refractivity contribution in [2.45, 2.75) is 26.4 Å². The monoisotopic (exact) mass is 373 g/mol. The highest BCUT2D eigenvalue weighted by Crippen LogP contribution is 2.24. The lowest BCUT2D eigenvalue weighted by Crippen LogP contribution is -2.30. The van der Waals surface area contributed by atoms with E-state index in [9.17, 15) is 18.4 Å². The minimum absolute atomic E-state index is 0.144. The van der Waals surface area contributed by atoms with Gasteiger partial charge in [0.15, 0.2) is 6.10 Å². The van der Waals surface area contributed by atoms with Crippen LogP contribution >= 0.6 is 0 Å². The normalized spacial score (nSPS) is 12.0. The summed E-state index contributed by atoms with van der Waals surface area (Å²) < 4.78 is 37.3. The highest BCUT2D eigenvalue weighted by Gasteiger charge is 2.17. The molecule has 1 unspecified atom stereocenters. The van der Waals surface area contributed by atoms with Crippen LogP contribution in [0.2, 0.25) is 0 Å². The second-order valence-electron chi connectivity index (χ2n) is 5.98. The minimum atomic E-state index is -0.965. The van der Waals surface area contributed by atoms with Gasteiger partial charge in [0.25, 0.3) is 5.91 Å². The SMILES string of the molecule is CCc1cc(=O)oc2cc(OC(C)C(=O)Nc3ccc(F)cc3F)ccc12. The van der Waals surface area contributed by atoms with E-state index >= 15 is 0 Å². The van der Waals surface area contributed by atoms with Gasteiger partial charge in [0, 0.05) is 23.6 Å². The molecule has 0 aliphatic carbocycles. The van der Waals surface area contributed by atoms with Gasteiger partial charge >= 0.3 is 5.63 Å².